The molecular weight excluding hydrogens is 268 g/mol. The van der Waals surface area contributed by atoms with E-state index in [1.54, 1.807) is 6.20 Å². The number of carbonyl (C=O) groups excluding carboxylic acids is 1. The van der Waals surface area contributed by atoms with Gasteiger partial charge in [0.15, 0.2) is 0 Å². The van der Waals surface area contributed by atoms with Crippen LogP contribution in [0.1, 0.15) is 12.1 Å². The summed E-state index contributed by atoms with van der Waals surface area (Å²) in [6, 6.07) is 1.98. The molecule has 1 aromatic rings. The van der Waals surface area contributed by atoms with Crippen molar-refractivity contribution in [2.45, 2.75) is 25.4 Å². The zero-order chi connectivity index (χ0) is 14.0. The Morgan fingerprint density at radius 1 is 1.63 bits per heavy atom. The highest BCUT2D eigenvalue weighted by Gasteiger charge is 2.22. The minimum Gasteiger partial charge on any atom is -0.352 e. The molecule has 1 atom stereocenters. The van der Waals surface area contributed by atoms with Gasteiger partial charge in [-0.3, -0.25) is 9.48 Å². The SMILES string of the molecule is CN(CC(=O)N[C@H]1CCn2nccc2C1)S(C)(=O)=O. The highest BCUT2D eigenvalue weighted by molar-refractivity contribution is 7.88. The maximum atomic E-state index is 11.8. The molecule has 7 nitrogen and oxygen atoms in total. The van der Waals surface area contributed by atoms with Crippen molar-refractivity contribution in [1.82, 2.24) is 19.4 Å². The monoisotopic (exact) mass is 286 g/mol. The Balaban J connectivity index is 1.88. The normalized spacial score (nSPS) is 19.2. The first kappa shape index (κ1) is 14.0. The van der Waals surface area contributed by atoms with Crippen LogP contribution in [-0.2, 0) is 27.8 Å². The van der Waals surface area contributed by atoms with Gasteiger partial charge in [0.05, 0.1) is 12.8 Å². The Bertz CT molecular complexity index is 566. The smallest absolute Gasteiger partial charge is 0.235 e. The van der Waals surface area contributed by atoms with Gasteiger partial charge in [0.2, 0.25) is 15.9 Å². The van der Waals surface area contributed by atoms with Gasteiger partial charge in [0.1, 0.15) is 0 Å². The molecule has 1 amide bonds. The van der Waals surface area contributed by atoms with Crippen LogP contribution in [0.5, 0.6) is 0 Å². The van der Waals surface area contributed by atoms with E-state index in [0.29, 0.717) is 0 Å². The van der Waals surface area contributed by atoms with E-state index in [9.17, 15) is 13.2 Å². The van der Waals surface area contributed by atoms with Gasteiger partial charge in [-0.25, -0.2) is 8.42 Å². The third-order valence-corrected chi connectivity index (χ3v) is 4.51. The van der Waals surface area contributed by atoms with E-state index < -0.39 is 10.0 Å². The summed E-state index contributed by atoms with van der Waals surface area (Å²) in [7, 11) is -1.93. The number of nitrogens with one attached hydrogen (secondary N) is 1. The first-order valence-electron chi connectivity index (χ1n) is 6.07. The maximum Gasteiger partial charge on any atom is 0.235 e. The number of likely N-dealkylation sites (N-methyl/N-ethyl adjacent to an activating group) is 1. The number of fused-ring (bicyclic) bond motifs is 1. The van der Waals surface area contributed by atoms with Crippen molar-refractivity contribution in [2.24, 2.45) is 0 Å². The number of hydrogen-bond donors (Lipinski definition) is 1. The van der Waals surface area contributed by atoms with Crippen LogP contribution in [0.3, 0.4) is 0 Å². The number of rotatable bonds is 4. The molecule has 19 heavy (non-hydrogen) atoms. The summed E-state index contributed by atoms with van der Waals surface area (Å²) >= 11 is 0. The fourth-order valence-electron chi connectivity index (χ4n) is 2.08. The minimum absolute atomic E-state index is 0.0460. The molecule has 0 fully saturated rings. The van der Waals surface area contributed by atoms with Gasteiger partial charge in [-0.2, -0.15) is 9.40 Å². The number of nitrogens with zero attached hydrogens (tertiary/aromatic N) is 3. The molecule has 106 valence electrons. The summed E-state index contributed by atoms with van der Waals surface area (Å²) in [6.45, 7) is 0.629. The highest BCUT2D eigenvalue weighted by Crippen LogP contribution is 2.13. The molecule has 1 aliphatic rings. The van der Waals surface area contributed by atoms with Crippen LogP contribution in [-0.4, -0.2) is 54.3 Å². The molecule has 0 unspecified atom stereocenters. The average molecular weight is 286 g/mol. The van der Waals surface area contributed by atoms with Gasteiger partial charge >= 0.3 is 0 Å². The van der Waals surface area contributed by atoms with E-state index in [0.717, 1.165) is 35.6 Å². The molecule has 0 saturated carbocycles. The molecule has 8 heteroatoms. The van der Waals surface area contributed by atoms with Crippen LogP contribution in [0, 0.1) is 0 Å². The Morgan fingerprint density at radius 2 is 2.37 bits per heavy atom. The predicted molar refractivity (Wildman–Crippen MR) is 70.0 cm³/mol. The van der Waals surface area contributed by atoms with Crippen LogP contribution >= 0.6 is 0 Å². The molecule has 1 aromatic heterocycles. The summed E-state index contributed by atoms with van der Waals surface area (Å²) in [4.78, 5) is 11.8. The molecule has 2 rings (SSSR count). The molecule has 0 bridgehead atoms. The number of carbonyl (C=O) groups is 1. The second-order valence-electron chi connectivity index (χ2n) is 4.82. The summed E-state index contributed by atoms with van der Waals surface area (Å²) in [5, 5.41) is 7.03. The largest absolute Gasteiger partial charge is 0.352 e. The summed E-state index contributed by atoms with van der Waals surface area (Å²) in [5.74, 6) is -0.272. The van der Waals surface area contributed by atoms with Gasteiger partial charge in [0.25, 0.3) is 0 Å². The van der Waals surface area contributed by atoms with Crippen LogP contribution < -0.4 is 5.32 Å². The Kier molecular flexibility index (Phi) is 3.91. The van der Waals surface area contributed by atoms with Gasteiger partial charge in [0, 0.05) is 37.9 Å². The molecule has 0 radical (unpaired) electrons. The fraction of sp³-hybridized carbons (Fsp3) is 0.636. The number of aryl methyl sites for hydroxylation is 1. The fourth-order valence-corrected chi connectivity index (χ4v) is 2.44. The molecule has 0 saturated heterocycles. The summed E-state index contributed by atoms with van der Waals surface area (Å²) in [6.07, 6.45) is 4.37. The quantitative estimate of drug-likeness (QED) is 0.786. The Morgan fingerprint density at radius 3 is 3.05 bits per heavy atom. The lowest BCUT2D eigenvalue weighted by Crippen LogP contribution is -2.45. The zero-order valence-electron chi connectivity index (χ0n) is 11.0. The van der Waals surface area contributed by atoms with Crippen molar-refractivity contribution in [1.29, 1.82) is 0 Å². The van der Waals surface area contributed by atoms with Crippen molar-refractivity contribution >= 4 is 15.9 Å². The number of sulfonamides is 1. The van der Waals surface area contributed by atoms with Crippen molar-refractivity contribution in [3.63, 3.8) is 0 Å². The Hall–Kier alpha value is -1.41. The van der Waals surface area contributed by atoms with E-state index in [-0.39, 0.29) is 18.5 Å². The van der Waals surface area contributed by atoms with E-state index in [2.05, 4.69) is 10.4 Å². The lowest BCUT2D eigenvalue weighted by Gasteiger charge is -2.25. The summed E-state index contributed by atoms with van der Waals surface area (Å²) < 4.78 is 25.4. The molecule has 0 aromatic carbocycles. The maximum absolute atomic E-state index is 11.8. The topological polar surface area (TPSA) is 84.3 Å². The first-order valence-corrected chi connectivity index (χ1v) is 7.92. The average Bonchev–Trinajstić information content (AvgIpc) is 2.74. The molecule has 1 N–H and O–H groups in total. The molecular formula is C11H18N4O3S. The van der Waals surface area contributed by atoms with Crippen molar-refractivity contribution in [3.8, 4) is 0 Å². The van der Waals surface area contributed by atoms with Crippen LogP contribution in [0.15, 0.2) is 12.3 Å². The lowest BCUT2D eigenvalue weighted by molar-refractivity contribution is -0.121. The Labute approximate surface area is 112 Å². The van der Waals surface area contributed by atoms with Crippen LogP contribution in [0.2, 0.25) is 0 Å². The van der Waals surface area contributed by atoms with E-state index in [1.165, 1.54) is 7.05 Å². The van der Waals surface area contributed by atoms with Crippen LogP contribution in [0.25, 0.3) is 0 Å². The van der Waals surface area contributed by atoms with E-state index in [4.69, 9.17) is 0 Å². The standard InChI is InChI=1S/C11H18N4O3S/c1-14(19(2,17)18)8-11(16)13-9-4-6-15-10(7-9)3-5-12-15/h3,5,9H,4,6-8H2,1-2H3,(H,13,16)/t9-/m0/s1. The number of amides is 1. The van der Waals surface area contributed by atoms with Crippen molar-refractivity contribution in [3.05, 3.63) is 18.0 Å². The number of hydrogen-bond acceptors (Lipinski definition) is 4. The van der Waals surface area contributed by atoms with Crippen molar-refractivity contribution in [2.75, 3.05) is 19.8 Å². The predicted octanol–water partition coefficient (Wildman–Crippen LogP) is -0.794. The lowest BCUT2D eigenvalue weighted by atomic mass is 10.0. The van der Waals surface area contributed by atoms with Crippen LogP contribution in [0.4, 0.5) is 0 Å². The molecule has 0 spiro atoms. The van der Waals surface area contributed by atoms with Gasteiger partial charge in [-0.1, -0.05) is 0 Å². The second-order valence-corrected chi connectivity index (χ2v) is 6.91. The number of aromatic nitrogens is 2. The van der Waals surface area contributed by atoms with E-state index >= 15 is 0 Å². The first-order chi connectivity index (χ1) is 8.86. The highest BCUT2D eigenvalue weighted by atomic mass is 32.2. The minimum atomic E-state index is -3.32. The third-order valence-electron chi connectivity index (χ3n) is 3.25. The van der Waals surface area contributed by atoms with Crippen molar-refractivity contribution < 1.29 is 13.2 Å². The second kappa shape index (κ2) is 5.30. The molecule has 0 aliphatic carbocycles. The van der Waals surface area contributed by atoms with Gasteiger partial charge in [-0.15, -0.1) is 0 Å². The molecule has 2 heterocycles. The van der Waals surface area contributed by atoms with Gasteiger partial charge < -0.3 is 5.32 Å². The third kappa shape index (κ3) is 3.54. The van der Waals surface area contributed by atoms with Gasteiger partial charge in [-0.05, 0) is 12.5 Å². The molecule has 1 aliphatic heterocycles. The summed E-state index contributed by atoms with van der Waals surface area (Å²) in [5.41, 5.74) is 1.09. The van der Waals surface area contributed by atoms with E-state index in [1.807, 2.05) is 10.7 Å². The zero-order valence-corrected chi connectivity index (χ0v) is 11.9.